The van der Waals surface area contributed by atoms with Gasteiger partial charge in [-0.05, 0) is 36.5 Å². The molecule has 0 bridgehead atoms. The van der Waals surface area contributed by atoms with Gasteiger partial charge in [0.25, 0.3) is 0 Å². The molecule has 0 radical (unpaired) electrons. The summed E-state index contributed by atoms with van der Waals surface area (Å²) in [6, 6.07) is 7.45. The van der Waals surface area contributed by atoms with Crippen molar-refractivity contribution >= 4 is 29.6 Å². The maximum absolute atomic E-state index is 11.9. The Hall–Kier alpha value is -2.01. The van der Waals surface area contributed by atoms with Crippen molar-refractivity contribution in [3.63, 3.8) is 0 Å². The molecule has 1 saturated heterocycles. The van der Waals surface area contributed by atoms with Crippen LogP contribution in [-0.4, -0.2) is 55.5 Å². The van der Waals surface area contributed by atoms with Gasteiger partial charge in [0.1, 0.15) is 0 Å². The van der Waals surface area contributed by atoms with Gasteiger partial charge < -0.3 is 15.1 Å². The summed E-state index contributed by atoms with van der Waals surface area (Å²) in [6.07, 6.45) is 5.05. The fourth-order valence-corrected chi connectivity index (χ4v) is 2.89. The van der Waals surface area contributed by atoms with E-state index < -0.39 is 0 Å². The molecule has 0 unspecified atom stereocenters. The van der Waals surface area contributed by atoms with Crippen molar-refractivity contribution in [1.82, 2.24) is 15.1 Å². The summed E-state index contributed by atoms with van der Waals surface area (Å²) in [6.45, 7) is 2.12. The molecule has 1 heterocycles. The quantitative estimate of drug-likeness (QED) is 0.850. The molecule has 5 nitrogen and oxygen atoms in total. The molecule has 0 saturated carbocycles. The Morgan fingerprint density at radius 2 is 1.96 bits per heavy atom. The topological polar surface area (TPSA) is 52.7 Å². The van der Waals surface area contributed by atoms with Crippen LogP contribution in [0, 0.1) is 5.92 Å². The van der Waals surface area contributed by atoms with E-state index >= 15 is 0 Å². The van der Waals surface area contributed by atoms with Crippen molar-refractivity contribution in [2.45, 2.75) is 12.8 Å². The number of benzene rings is 1. The Labute approximate surface area is 148 Å². The van der Waals surface area contributed by atoms with Gasteiger partial charge >= 0.3 is 6.03 Å². The molecule has 2 rings (SSSR count). The van der Waals surface area contributed by atoms with Gasteiger partial charge in [0.05, 0.1) is 0 Å². The number of hydrogen-bond donors (Lipinski definition) is 1. The monoisotopic (exact) mass is 349 g/mol. The van der Waals surface area contributed by atoms with E-state index in [0.29, 0.717) is 17.5 Å². The van der Waals surface area contributed by atoms with Gasteiger partial charge in [-0.15, -0.1) is 0 Å². The van der Waals surface area contributed by atoms with Crippen molar-refractivity contribution in [1.29, 1.82) is 0 Å². The van der Waals surface area contributed by atoms with Gasteiger partial charge in [-0.1, -0.05) is 29.8 Å². The summed E-state index contributed by atoms with van der Waals surface area (Å²) >= 11 is 6.05. The third-order valence-electron chi connectivity index (χ3n) is 4.15. The van der Waals surface area contributed by atoms with E-state index in [9.17, 15) is 9.59 Å². The molecular weight excluding hydrogens is 326 g/mol. The Bertz CT molecular complexity index is 608. The van der Waals surface area contributed by atoms with Crippen LogP contribution in [0.3, 0.4) is 0 Å². The Kier molecular flexibility index (Phi) is 6.67. The first-order valence-corrected chi connectivity index (χ1v) is 8.52. The molecule has 0 atom stereocenters. The van der Waals surface area contributed by atoms with Crippen LogP contribution in [0.2, 0.25) is 5.02 Å². The lowest BCUT2D eigenvalue weighted by Crippen LogP contribution is -2.45. The van der Waals surface area contributed by atoms with E-state index in [0.717, 1.165) is 31.5 Å². The van der Waals surface area contributed by atoms with Crippen LogP contribution in [0.15, 0.2) is 30.3 Å². The van der Waals surface area contributed by atoms with Crippen LogP contribution in [0.5, 0.6) is 0 Å². The molecule has 1 fully saturated rings. The van der Waals surface area contributed by atoms with E-state index in [4.69, 9.17) is 11.6 Å². The van der Waals surface area contributed by atoms with Gasteiger partial charge in [-0.2, -0.15) is 0 Å². The summed E-state index contributed by atoms with van der Waals surface area (Å²) < 4.78 is 0. The number of piperidine rings is 1. The minimum atomic E-state index is -0.123. The molecule has 1 aliphatic rings. The van der Waals surface area contributed by atoms with Crippen LogP contribution >= 0.6 is 11.6 Å². The highest BCUT2D eigenvalue weighted by Gasteiger charge is 2.23. The standard InChI is InChI=1S/C18H24ClN3O2/c1-21(2)18(24)22-11-9-14(10-12-22)13-20-17(23)8-7-15-5-3-4-6-16(15)19/h3-8,14H,9-13H2,1-2H3,(H,20,23)/b8-7+. The van der Waals surface area contributed by atoms with Crippen molar-refractivity contribution < 1.29 is 9.59 Å². The summed E-state index contributed by atoms with van der Waals surface area (Å²) in [5.74, 6) is 0.288. The van der Waals surface area contributed by atoms with Crippen LogP contribution in [0.4, 0.5) is 4.79 Å². The van der Waals surface area contributed by atoms with Crippen LogP contribution < -0.4 is 5.32 Å². The highest BCUT2D eigenvalue weighted by Crippen LogP contribution is 2.18. The van der Waals surface area contributed by atoms with Gasteiger partial charge in [-0.3, -0.25) is 4.79 Å². The minimum absolute atomic E-state index is 0.0557. The van der Waals surface area contributed by atoms with Gasteiger partial charge in [-0.25, -0.2) is 4.79 Å². The molecule has 130 valence electrons. The number of rotatable bonds is 4. The van der Waals surface area contributed by atoms with Gasteiger partial charge in [0.2, 0.25) is 5.91 Å². The molecule has 1 aromatic rings. The maximum Gasteiger partial charge on any atom is 0.319 e. The molecule has 1 aliphatic heterocycles. The van der Waals surface area contributed by atoms with Crippen molar-refractivity contribution in [2.24, 2.45) is 5.92 Å². The molecule has 0 aromatic heterocycles. The van der Waals surface area contributed by atoms with E-state index in [1.165, 1.54) is 6.08 Å². The summed E-state index contributed by atoms with van der Waals surface area (Å²) in [7, 11) is 3.53. The molecule has 24 heavy (non-hydrogen) atoms. The smallest absolute Gasteiger partial charge is 0.319 e. The zero-order valence-electron chi connectivity index (χ0n) is 14.2. The number of halogens is 1. The fourth-order valence-electron chi connectivity index (χ4n) is 2.69. The first kappa shape index (κ1) is 18.3. The van der Waals surface area contributed by atoms with E-state index in [2.05, 4.69) is 5.32 Å². The Morgan fingerprint density at radius 3 is 2.58 bits per heavy atom. The normalized spacial score (nSPS) is 15.5. The fraction of sp³-hybridized carbons (Fsp3) is 0.444. The zero-order chi connectivity index (χ0) is 17.5. The average molecular weight is 350 g/mol. The Morgan fingerprint density at radius 1 is 1.29 bits per heavy atom. The number of carbonyl (C=O) groups is 2. The second-order valence-electron chi connectivity index (χ2n) is 6.21. The number of carbonyl (C=O) groups excluding carboxylic acids is 2. The number of urea groups is 1. The summed E-state index contributed by atoms with van der Waals surface area (Å²) in [5, 5.41) is 3.55. The van der Waals surface area contributed by atoms with Crippen LogP contribution in [-0.2, 0) is 4.79 Å². The molecule has 1 N–H and O–H groups in total. The van der Waals surface area contributed by atoms with Crippen molar-refractivity contribution in [3.05, 3.63) is 40.9 Å². The molecule has 0 spiro atoms. The number of likely N-dealkylation sites (tertiary alicyclic amines) is 1. The second kappa shape index (κ2) is 8.73. The van der Waals surface area contributed by atoms with Gasteiger partial charge in [0.15, 0.2) is 0 Å². The van der Waals surface area contributed by atoms with Crippen molar-refractivity contribution in [3.8, 4) is 0 Å². The van der Waals surface area contributed by atoms with E-state index in [-0.39, 0.29) is 11.9 Å². The minimum Gasteiger partial charge on any atom is -0.352 e. The van der Waals surface area contributed by atoms with Crippen molar-refractivity contribution in [2.75, 3.05) is 33.7 Å². The van der Waals surface area contributed by atoms with Crippen LogP contribution in [0.25, 0.3) is 6.08 Å². The predicted octanol–water partition coefficient (Wildman–Crippen LogP) is 2.86. The third kappa shape index (κ3) is 5.27. The summed E-state index contributed by atoms with van der Waals surface area (Å²) in [4.78, 5) is 27.3. The van der Waals surface area contributed by atoms with Gasteiger partial charge in [0, 0.05) is 44.8 Å². The third-order valence-corrected chi connectivity index (χ3v) is 4.50. The zero-order valence-corrected chi connectivity index (χ0v) is 14.9. The molecule has 1 aromatic carbocycles. The summed E-state index contributed by atoms with van der Waals surface area (Å²) in [5.41, 5.74) is 0.824. The lowest BCUT2D eigenvalue weighted by molar-refractivity contribution is -0.116. The molecule has 0 aliphatic carbocycles. The second-order valence-corrected chi connectivity index (χ2v) is 6.61. The average Bonchev–Trinajstić information content (AvgIpc) is 2.59. The highest BCUT2D eigenvalue weighted by molar-refractivity contribution is 6.32. The largest absolute Gasteiger partial charge is 0.352 e. The van der Waals surface area contributed by atoms with E-state index in [1.807, 2.05) is 23.1 Å². The number of hydrogen-bond acceptors (Lipinski definition) is 2. The molecular formula is C18H24ClN3O2. The number of nitrogens with one attached hydrogen (secondary N) is 1. The maximum atomic E-state index is 11.9. The first-order valence-electron chi connectivity index (χ1n) is 8.14. The lowest BCUT2D eigenvalue weighted by Gasteiger charge is -2.33. The predicted molar refractivity (Wildman–Crippen MR) is 96.9 cm³/mol. The van der Waals surface area contributed by atoms with Crippen LogP contribution in [0.1, 0.15) is 18.4 Å². The lowest BCUT2D eigenvalue weighted by atomic mass is 9.97. The number of nitrogens with zero attached hydrogens (tertiary/aromatic N) is 2. The highest BCUT2D eigenvalue weighted by atomic mass is 35.5. The first-order chi connectivity index (χ1) is 11.5. The Balaban J connectivity index is 1.73. The SMILES string of the molecule is CN(C)C(=O)N1CCC(CNC(=O)/C=C/c2ccccc2Cl)CC1. The van der Waals surface area contributed by atoms with E-state index in [1.54, 1.807) is 31.1 Å². The number of amides is 3. The molecule has 6 heteroatoms. The molecule has 3 amide bonds.